The molecule has 3 rings (SSSR count). The summed E-state index contributed by atoms with van der Waals surface area (Å²) in [6, 6.07) is 19.1. The first-order valence-corrected chi connectivity index (χ1v) is 9.09. The predicted molar refractivity (Wildman–Crippen MR) is 105 cm³/mol. The van der Waals surface area contributed by atoms with Gasteiger partial charge in [0.05, 0.1) is 0 Å². The van der Waals surface area contributed by atoms with Gasteiger partial charge in [0.15, 0.2) is 0 Å². The summed E-state index contributed by atoms with van der Waals surface area (Å²) in [4.78, 5) is 10.9. The third kappa shape index (κ3) is 4.69. The minimum atomic E-state index is -0.422. The van der Waals surface area contributed by atoms with Gasteiger partial charge in [0.1, 0.15) is 0 Å². The summed E-state index contributed by atoms with van der Waals surface area (Å²) in [6.07, 6.45) is 10.8. The first-order valence-electron chi connectivity index (χ1n) is 9.09. The molecule has 2 nitrogen and oxygen atoms in total. The number of hydrogen-bond donors (Lipinski definition) is 1. The maximum atomic E-state index is 10.9. The van der Waals surface area contributed by atoms with Gasteiger partial charge in [-0.05, 0) is 54.0 Å². The molecule has 0 bridgehead atoms. The van der Waals surface area contributed by atoms with Gasteiger partial charge in [0, 0.05) is 6.08 Å². The van der Waals surface area contributed by atoms with E-state index in [1.807, 2.05) is 0 Å². The number of carbonyl (C=O) groups is 1. The van der Waals surface area contributed by atoms with Crippen molar-refractivity contribution in [2.24, 2.45) is 5.73 Å². The lowest BCUT2D eigenvalue weighted by Gasteiger charge is -2.15. The number of primary amides is 1. The van der Waals surface area contributed by atoms with Gasteiger partial charge in [-0.2, -0.15) is 0 Å². The predicted octanol–water partition coefficient (Wildman–Crippen LogP) is 5.34. The molecule has 2 aromatic rings. The van der Waals surface area contributed by atoms with Crippen molar-refractivity contribution in [3.8, 4) is 0 Å². The van der Waals surface area contributed by atoms with Crippen molar-refractivity contribution in [2.75, 3.05) is 0 Å². The fourth-order valence-corrected chi connectivity index (χ4v) is 3.52. The minimum Gasteiger partial charge on any atom is -0.366 e. The topological polar surface area (TPSA) is 43.1 Å². The molecule has 0 aromatic heterocycles. The van der Waals surface area contributed by atoms with Crippen molar-refractivity contribution in [3.63, 3.8) is 0 Å². The standard InChI is InChI=1S/C23H25NO/c24-22(25)17-14-18-12-15-21(16-13-18)23(20-10-6-3-7-11-20)19-8-4-1-2-5-9-19/h3,6-7,10-17H,1-2,4-5,8-9H2,(H2,24,25). The van der Waals surface area contributed by atoms with Crippen molar-refractivity contribution in [2.45, 2.75) is 38.5 Å². The third-order valence-corrected chi connectivity index (χ3v) is 4.76. The number of amides is 1. The van der Waals surface area contributed by atoms with E-state index < -0.39 is 5.91 Å². The van der Waals surface area contributed by atoms with Crippen LogP contribution in [0.5, 0.6) is 0 Å². The van der Waals surface area contributed by atoms with E-state index in [9.17, 15) is 4.79 Å². The van der Waals surface area contributed by atoms with Crippen LogP contribution >= 0.6 is 0 Å². The first kappa shape index (κ1) is 17.2. The molecule has 0 heterocycles. The molecule has 128 valence electrons. The van der Waals surface area contributed by atoms with Crippen LogP contribution in [0.3, 0.4) is 0 Å². The highest BCUT2D eigenvalue weighted by Gasteiger charge is 2.14. The van der Waals surface area contributed by atoms with Crippen LogP contribution in [0, 0.1) is 0 Å². The Bertz CT molecular complexity index is 759. The molecule has 1 saturated carbocycles. The Labute approximate surface area is 150 Å². The van der Waals surface area contributed by atoms with Crippen LogP contribution in [0.25, 0.3) is 11.6 Å². The van der Waals surface area contributed by atoms with Crippen LogP contribution in [-0.2, 0) is 4.79 Å². The number of allylic oxidation sites excluding steroid dienone is 1. The van der Waals surface area contributed by atoms with Gasteiger partial charge in [-0.25, -0.2) is 0 Å². The Morgan fingerprint density at radius 2 is 1.40 bits per heavy atom. The zero-order valence-electron chi connectivity index (χ0n) is 14.6. The van der Waals surface area contributed by atoms with E-state index in [-0.39, 0.29) is 0 Å². The quantitative estimate of drug-likeness (QED) is 0.596. The average Bonchev–Trinajstić information content (AvgIpc) is 2.91. The molecule has 0 unspecified atom stereocenters. The molecule has 1 aliphatic carbocycles. The van der Waals surface area contributed by atoms with Gasteiger partial charge in [-0.1, -0.05) is 73.0 Å². The normalized spacial score (nSPS) is 15.1. The Hall–Kier alpha value is -2.61. The van der Waals surface area contributed by atoms with E-state index >= 15 is 0 Å². The fraction of sp³-hybridized carbons (Fsp3) is 0.261. The first-order chi connectivity index (χ1) is 12.2. The molecule has 1 aliphatic rings. The van der Waals surface area contributed by atoms with Gasteiger partial charge in [0.2, 0.25) is 5.91 Å². The Kier molecular flexibility index (Phi) is 5.84. The molecule has 0 atom stereocenters. The summed E-state index contributed by atoms with van der Waals surface area (Å²) < 4.78 is 0. The Balaban J connectivity index is 2.00. The molecular formula is C23H25NO. The van der Waals surface area contributed by atoms with Crippen LogP contribution in [0.2, 0.25) is 0 Å². The summed E-state index contributed by atoms with van der Waals surface area (Å²) in [7, 11) is 0. The lowest BCUT2D eigenvalue weighted by Crippen LogP contribution is -2.05. The maximum absolute atomic E-state index is 10.9. The van der Waals surface area contributed by atoms with Gasteiger partial charge < -0.3 is 5.73 Å². The Morgan fingerprint density at radius 1 is 0.800 bits per heavy atom. The third-order valence-electron chi connectivity index (χ3n) is 4.76. The van der Waals surface area contributed by atoms with Gasteiger partial charge in [-0.3, -0.25) is 4.79 Å². The van der Waals surface area contributed by atoms with Crippen molar-refractivity contribution < 1.29 is 4.79 Å². The second-order valence-electron chi connectivity index (χ2n) is 6.62. The number of rotatable bonds is 4. The molecule has 0 radical (unpaired) electrons. The maximum Gasteiger partial charge on any atom is 0.241 e. The number of benzene rings is 2. The molecular weight excluding hydrogens is 306 g/mol. The average molecular weight is 331 g/mol. The second kappa shape index (κ2) is 8.48. The minimum absolute atomic E-state index is 0.422. The highest BCUT2D eigenvalue weighted by atomic mass is 16.1. The highest BCUT2D eigenvalue weighted by Crippen LogP contribution is 2.34. The number of hydrogen-bond acceptors (Lipinski definition) is 1. The van der Waals surface area contributed by atoms with Crippen LogP contribution in [0.4, 0.5) is 0 Å². The SMILES string of the molecule is NC(=O)C=Cc1ccc(C(=C2CCCCCC2)c2ccccc2)cc1. The van der Waals surface area contributed by atoms with Crippen LogP contribution in [-0.4, -0.2) is 5.91 Å². The summed E-state index contributed by atoms with van der Waals surface area (Å²) in [5.41, 5.74) is 11.7. The lowest BCUT2D eigenvalue weighted by molar-refractivity contribution is -0.113. The smallest absolute Gasteiger partial charge is 0.241 e. The van der Waals surface area contributed by atoms with E-state index in [2.05, 4.69) is 54.6 Å². The van der Waals surface area contributed by atoms with Crippen molar-refractivity contribution in [1.82, 2.24) is 0 Å². The molecule has 0 saturated heterocycles. The molecule has 0 spiro atoms. The van der Waals surface area contributed by atoms with E-state index in [0.29, 0.717) is 0 Å². The summed E-state index contributed by atoms with van der Waals surface area (Å²) in [5.74, 6) is -0.422. The second-order valence-corrected chi connectivity index (χ2v) is 6.62. The molecule has 2 aromatic carbocycles. The van der Waals surface area contributed by atoms with E-state index in [1.165, 1.54) is 61.3 Å². The number of carbonyl (C=O) groups excluding carboxylic acids is 1. The van der Waals surface area contributed by atoms with Gasteiger partial charge in [-0.15, -0.1) is 0 Å². The van der Waals surface area contributed by atoms with E-state index in [4.69, 9.17) is 5.73 Å². The highest BCUT2D eigenvalue weighted by molar-refractivity contribution is 5.90. The van der Waals surface area contributed by atoms with E-state index in [0.717, 1.165) is 5.56 Å². The van der Waals surface area contributed by atoms with Gasteiger partial charge >= 0.3 is 0 Å². The molecule has 0 aliphatic heterocycles. The van der Waals surface area contributed by atoms with Crippen LogP contribution in [0.15, 0.2) is 66.2 Å². The zero-order valence-corrected chi connectivity index (χ0v) is 14.6. The lowest BCUT2D eigenvalue weighted by atomic mass is 9.89. The summed E-state index contributed by atoms with van der Waals surface area (Å²) in [6.45, 7) is 0. The van der Waals surface area contributed by atoms with Crippen molar-refractivity contribution in [3.05, 3.63) is 82.9 Å². The van der Waals surface area contributed by atoms with E-state index in [1.54, 1.807) is 11.6 Å². The van der Waals surface area contributed by atoms with Crippen LogP contribution in [0.1, 0.15) is 55.2 Å². The van der Waals surface area contributed by atoms with Crippen molar-refractivity contribution in [1.29, 1.82) is 0 Å². The molecule has 1 amide bonds. The summed E-state index contributed by atoms with van der Waals surface area (Å²) in [5, 5.41) is 0. The van der Waals surface area contributed by atoms with Crippen molar-refractivity contribution >= 4 is 17.6 Å². The largest absolute Gasteiger partial charge is 0.366 e. The molecule has 25 heavy (non-hydrogen) atoms. The van der Waals surface area contributed by atoms with Crippen LogP contribution < -0.4 is 5.73 Å². The monoisotopic (exact) mass is 331 g/mol. The Morgan fingerprint density at radius 3 is 2.00 bits per heavy atom. The molecule has 2 N–H and O–H groups in total. The summed E-state index contributed by atoms with van der Waals surface area (Å²) >= 11 is 0. The zero-order chi connectivity index (χ0) is 17.5. The number of nitrogens with two attached hydrogens (primary N) is 1. The molecule has 2 heteroatoms. The van der Waals surface area contributed by atoms with Gasteiger partial charge in [0.25, 0.3) is 0 Å². The molecule has 1 fully saturated rings. The fourth-order valence-electron chi connectivity index (χ4n) is 3.52.